The second-order valence-corrected chi connectivity index (χ2v) is 5.04. The minimum absolute atomic E-state index is 0.764. The van der Waals surface area contributed by atoms with E-state index in [1.807, 2.05) is 31.2 Å². The maximum absolute atomic E-state index is 5.32. The smallest absolute Gasteiger partial charge is 0.145 e. The van der Waals surface area contributed by atoms with Crippen LogP contribution in [0.15, 0.2) is 41.2 Å². The maximum atomic E-state index is 5.32. The third-order valence-electron chi connectivity index (χ3n) is 2.73. The van der Waals surface area contributed by atoms with Crippen molar-refractivity contribution >= 4 is 22.6 Å². The van der Waals surface area contributed by atoms with E-state index in [1.54, 1.807) is 12.4 Å². The molecule has 0 aliphatic heterocycles. The molecule has 2 aromatic heterocycles. The minimum Gasteiger partial charge on any atom is -0.360 e. The van der Waals surface area contributed by atoms with Gasteiger partial charge in [-0.2, -0.15) is 0 Å². The summed E-state index contributed by atoms with van der Waals surface area (Å²) >= 11 is 2.30. The Kier molecular flexibility index (Phi) is 2.91. The number of benzene rings is 1. The zero-order valence-corrected chi connectivity index (χ0v) is 11.8. The van der Waals surface area contributed by atoms with Crippen molar-refractivity contribution in [2.75, 3.05) is 0 Å². The van der Waals surface area contributed by atoms with Gasteiger partial charge in [0.05, 0.1) is 5.56 Å². The average Bonchev–Trinajstić information content (AvgIpc) is 2.98. The highest BCUT2D eigenvalue weighted by Crippen LogP contribution is 2.34. The molecular weight excluding hydrogens is 341 g/mol. The predicted octanol–water partition coefficient (Wildman–Crippen LogP) is 3.64. The first-order chi connectivity index (χ1) is 8.77. The van der Waals surface area contributed by atoms with Crippen LogP contribution in [0.4, 0.5) is 0 Å². The Hall–Kier alpha value is -1.63. The first-order valence-electron chi connectivity index (χ1n) is 5.48. The molecule has 0 fully saturated rings. The molecule has 0 atom stereocenters. The number of hydrogen-bond donors (Lipinski definition) is 1. The fourth-order valence-electron chi connectivity index (χ4n) is 1.89. The topological polar surface area (TPSA) is 54.7 Å². The van der Waals surface area contributed by atoms with Gasteiger partial charge in [-0.15, -0.1) is 0 Å². The summed E-state index contributed by atoms with van der Waals surface area (Å²) in [6.45, 7) is 1.89. The lowest BCUT2D eigenvalue weighted by atomic mass is 10.1. The minimum atomic E-state index is 0.764. The third-order valence-corrected chi connectivity index (χ3v) is 3.67. The second-order valence-electron chi connectivity index (χ2n) is 3.88. The monoisotopic (exact) mass is 351 g/mol. The van der Waals surface area contributed by atoms with E-state index in [-0.39, 0.29) is 0 Å². The van der Waals surface area contributed by atoms with Crippen molar-refractivity contribution < 1.29 is 4.52 Å². The lowest BCUT2D eigenvalue weighted by Gasteiger charge is -2.02. The zero-order chi connectivity index (χ0) is 12.5. The molecule has 5 heteroatoms. The Balaban J connectivity index is 2.23. The summed E-state index contributed by atoms with van der Waals surface area (Å²) in [7, 11) is 0. The number of hydrogen-bond acceptors (Lipinski definition) is 3. The van der Waals surface area contributed by atoms with Crippen LogP contribution >= 0.6 is 22.6 Å². The molecule has 90 valence electrons. The van der Waals surface area contributed by atoms with Gasteiger partial charge in [0, 0.05) is 21.5 Å². The number of aryl methyl sites for hydroxylation is 1. The Morgan fingerprint density at radius 2 is 2.11 bits per heavy atom. The Labute approximate surface area is 118 Å². The number of aromatic amines is 1. The zero-order valence-electron chi connectivity index (χ0n) is 9.64. The molecule has 0 bridgehead atoms. The van der Waals surface area contributed by atoms with Gasteiger partial charge in [-0.25, -0.2) is 4.98 Å². The fraction of sp³-hybridized carbons (Fsp3) is 0.0769. The van der Waals surface area contributed by atoms with E-state index in [1.165, 1.54) is 0 Å². The number of rotatable bonds is 2. The van der Waals surface area contributed by atoms with E-state index < -0.39 is 0 Å². The van der Waals surface area contributed by atoms with Gasteiger partial charge in [-0.1, -0.05) is 23.4 Å². The molecule has 0 saturated carbocycles. The van der Waals surface area contributed by atoms with E-state index in [0.717, 1.165) is 32.0 Å². The van der Waals surface area contributed by atoms with E-state index in [0.29, 0.717) is 0 Å². The van der Waals surface area contributed by atoms with Gasteiger partial charge in [-0.3, -0.25) is 0 Å². The molecule has 0 unspecified atom stereocenters. The predicted molar refractivity (Wildman–Crippen MR) is 77.0 cm³/mol. The molecule has 4 nitrogen and oxygen atoms in total. The first kappa shape index (κ1) is 11.5. The molecule has 0 aliphatic rings. The normalized spacial score (nSPS) is 10.8. The van der Waals surface area contributed by atoms with Crippen LogP contribution in [0.5, 0.6) is 0 Å². The maximum Gasteiger partial charge on any atom is 0.145 e. The summed E-state index contributed by atoms with van der Waals surface area (Å²) in [5.74, 6) is 1.54. The van der Waals surface area contributed by atoms with Crippen LogP contribution in [-0.2, 0) is 0 Å². The van der Waals surface area contributed by atoms with Gasteiger partial charge in [0.15, 0.2) is 0 Å². The lowest BCUT2D eigenvalue weighted by molar-refractivity contribution is 0.400. The molecule has 3 rings (SSSR count). The summed E-state index contributed by atoms with van der Waals surface area (Å²) in [5.41, 5.74) is 2.80. The van der Waals surface area contributed by atoms with Crippen molar-refractivity contribution in [2.24, 2.45) is 0 Å². The van der Waals surface area contributed by atoms with Gasteiger partial charge in [0.2, 0.25) is 0 Å². The van der Waals surface area contributed by atoms with Crippen LogP contribution < -0.4 is 0 Å². The standard InChI is InChI=1S/C13H10IN3O/c1-8-11(13-15-6-7-16-13)12(17-18-8)9-4-2-3-5-10(9)14/h2-7H,1H3,(H,15,16). The molecule has 0 spiro atoms. The number of imidazole rings is 1. The molecule has 0 aliphatic carbocycles. The Bertz CT molecular complexity index is 673. The van der Waals surface area contributed by atoms with Gasteiger partial charge >= 0.3 is 0 Å². The second kappa shape index (κ2) is 4.56. The summed E-state index contributed by atoms with van der Waals surface area (Å²) in [6, 6.07) is 8.08. The molecule has 2 heterocycles. The molecule has 18 heavy (non-hydrogen) atoms. The number of nitrogens with one attached hydrogen (secondary N) is 1. The van der Waals surface area contributed by atoms with Gasteiger partial charge < -0.3 is 9.51 Å². The third kappa shape index (κ3) is 1.84. The lowest BCUT2D eigenvalue weighted by Crippen LogP contribution is -1.88. The van der Waals surface area contributed by atoms with Gasteiger partial charge in [0.25, 0.3) is 0 Å². The number of H-pyrrole nitrogens is 1. The van der Waals surface area contributed by atoms with Crippen molar-refractivity contribution in [1.29, 1.82) is 0 Å². The van der Waals surface area contributed by atoms with Crippen molar-refractivity contribution in [3.63, 3.8) is 0 Å². The van der Waals surface area contributed by atoms with E-state index in [9.17, 15) is 0 Å². The highest BCUT2D eigenvalue weighted by atomic mass is 127. The molecule has 1 aromatic carbocycles. The first-order valence-corrected chi connectivity index (χ1v) is 6.56. The summed E-state index contributed by atoms with van der Waals surface area (Å²) in [6.07, 6.45) is 3.52. The summed E-state index contributed by atoms with van der Waals surface area (Å²) in [5, 5.41) is 4.16. The fourth-order valence-corrected chi connectivity index (χ4v) is 2.53. The Morgan fingerprint density at radius 3 is 2.83 bits per heavy atom. The van der Waals surface area contributed by atoms with Crippen molar-refractivity contribution in [1.82, 2.24) is 15.1 Å². The molecule has 0 saturated heterocycles. The van der Waals surface area contributed by atoms with Crippen molar-refractivity contribution in [2.45, 2.75) is 6.92 Å². The Morgan fingerprint density at radius 1 is 1.28 bits per heavy atom. The molecule has 0 radical (unpaired) electrons. The van der Waals surface area contributed by atoms with E-state index >= 15 is 0 Å². The van der Waals surface area contributed by atoms with E-state index in [2.05, 4.69) is 37.7 Å². The van der Waals surface area contributed by atoms with Gasteiger partial charge in [0.1, 0.15) is 17.3 Å². The number of nitrogens with zero attached hydrogens (tertiary/aromatic N) is 2. The highest BCUT2D eigenvalue weighted by molar-refractivity contribution is 14.1. The SMILES string of the molecule is Cc1onc(-c2ccccc2I)c1-c1ncc[nH]1. The highest BCUT2D eigenvalue weighted by Gasteiger charge is 2.19. The van der Waals surface area contributed by atoms with Crippen LogP contribution in [0.2, 0.25) is 0 Å². The van der Waals surface area contributed by atoms with E-state index in [4.69, 9.17) is 4.52 Å². The van der Waals surface area contributed by atoms with Gasteiger partial charge in [-0.05, 0) is 35.6 Å². The van der Waals surface area contributed by atoms with Crippen LogP contribution in [0, 0.1) is 10.5 Å². The summed E-state index contributed by atoms with van der Waals surface area (Å²) in [4.78, 5) is 7.37. The largest absolute Gasteiger partial charge is 0.360 e. The van der Waals surface area contributed by atoms with Crippen molar-refractivity contribution in [3.05, 3.63) is 46.0 Å². The number of aromatic nitrogens is 3. The molecular formula is C13H10IN3O. The van der Waals surface area contributed by atoms with Crippen LogP contribution in [0.25, 0.3) is 22.6 Å². The quantitative estimate of drug-likeness (QED) is 0.717. The molecule has 3 aromatic rings. The van der Waals surface area contributed by atoms with Crippen LogP contribution in [0.1, 0.15) is 5.76 Å². The number of halogens is 1. The summed E-state index contributed by atoms with van der Waals surface area (Å²) < 4.78 is 6.45. The molecule has 0 amide bonds. The average molecular weight is 351 g/mol. The molecule has 1 N–H and O–H groups in total. The van der Waals surface area contributed by atoms with Crippen LogP contribution in [0.3, 0.4) is 0 Å². The van der Waals surface area contributed by atoms with Crippen molar-refractivity contribution in [3.8, 4) is 22.6 Å². The van der Waals surface area contributed by atoms with Crippen LogP contribution in [-0.4, -0.2) is 15.1 Å².